The number of aryl methyl sites for hydroxylation is 2. The molecule has 0 aliphatic heterocycles. The fourth-order valence-electron chi connectivity index (χ4n) is 2.94. The van der Waals surface area contributed by atoms with Gasteiger partial charge in [0.05, 0.1) is 10.9 Å². The van der Waals surface area contributed by atoms with Crippen molar-refractivity contribution >= 4 is 28.5 Å². The van der Waals surface area contributed by atoms with Gasteiger partial charge < -0.3 is 15.0 Å². The van der Waals surface area contributed by atoms with Gasteiger partial charge >= 0.3 is 5.97 Å². The first-order chi connectivity index (χ1) is 13.9. The Morgan fingerprint density at radius 2 is 1.90 bits per heavy atom. The largest absolute Gasteiger partial charge is 0.456 e. The van der Waals surface area contributed by atoms with Crippen molar-refractivity contribution in [3.8, 4) is 0 Å². The van der Waals surface area contributed by atoms with Crippen molar-refractivity contribution in [2.24, 2.45) is 0 Å². The zero-order valence-electron chi connectivity index (χ0n) is 16.5. The molecule has 0 radical (unpaired) electrons. The second-order valence-electron chi connectivity index (χ2n) is 6.84. The Labute approximate surface area is 168 Å². The number of carbonyl (C=O) groups excluding carboxylic acids is 2. The molecular formula is C22H23N3O4. The number of aromatic nitrogens is 2. The van der Waals surface area contributed by atoms with Crippen LogP contribution >= 0.6 is 0 Å². The number of para-hydroxylation sites is 1. The Morgan fingerprint density at radius 3 is 2.72 bits per heavy atom. The molecule has 0 atom stereocenters. The van der Waals surface area contributed by atoms with Crippen molar-refractivity contribution in [2.75, 3.05) is 11.9 Å². The number of hydrogen-bond acceptors (Lipinski definition) is 5. The molecule has 0 spiro atoms. The molecule has 0 aliphatic carbocycles. The van der Waals surface area contributed by atoms with E-state index in [1.807, 2.05) is 32.0 Å². The first-order valence-corrected chi connectivity index (χ1v) is 9.43. The third kappa shape index (κ3) is 5.28. The average Bonchev–Trinajstić information content (AvgIpc) is 2.70. The molecule has 7 nitrogen and oxygen atoms in total. The molecule has 0 saturated carbocycles. The molecule has 2 N–H and O–H groups in total. The van der Waals surface area contributed by atoms with Crippen LogP contribution in [0.25, 0.3) is 10.9 Å². The summed E-state index contributed by atoms with van der Waals surface area (Å²) in [5.74, 6) is -0.328. The summed E-state index contributed by atoms with van der Waals surface area (Å²) in [6.45, 7) is 3.54. The van der Waals surface area contributed by atoms with Crippen molar-refractivity contribution in [2.45, 2.75) is 33.1 Å². The number of esters is 1. The molecule has 1 heterocycles. The number of H-pyrrole nitrogens is 1. The van der Waals surface area contributed by atoms with Gasteiger partial charge in [-0.1, -0.05) is 24.3 Å². The molecular weight excluding hydrogens is 370 g/mol. The molecule has 3 rings (SSSR count). The topological polar surface area (TPSA) is 101 Å². The Bertz CT molecular complexity index is 1100. The van der Waals surface area contributed by atoms with Crippen LogP contribution in [0.4, 0.5) is 5.69 Å². The van der Waals surface area contributed by atoms with Crippen LogP contribution in [0.5, 0.6) is 0 Å². The lowest BCUT2D eigenvalue weighted by molar-refractivity contribution is -0.147. The average molecular weight is 393 g/mol. The molecule has 0 unspecified atom stereocenters. The van der Waals surface area contributed by atoms with Gasteiger partial charge in [-0.2, -0.15) is 0 Å². The maximum absolute atomic E-state index is 12.0. The van der Waals surface area contributed by atoms with Crippen molar-refractivity contribution in [1.29, 1.82) is 0 Å². The number of aromatic amines is 1. The van der Waals surface area contributed by atoms with E-state index in [0.29, 0.717) is 35.3 Å². The van der Waals surface area contributed by atoms with Crippen molar-refractivity contribution in [1.82, 2.24) is 9.97 Å². The number of anilines is 1. The van der Waals surface area contributed by atoms with E-state index in [2.05, 4.69) is 15.3 Å². The highest BCUT2D eigenvalue weighted by Gasteiger charge is 2.10. The minimum absolute atomic E-state index is 0.132. The van der Waals surface area contributed by atoms with Crippen LogP contribution in [0, 0.1) is 13.8 Å². The summed E-state index contributed by atoms with van der Waals surface area (Å²) in [6.07, 6.45) is 1.02. The highest BCUT2D eigenvalue weighted by Crippen LogP contribution is 2.17. The maximum atomic E-state index is 12.0. The molecule has 2 aromatic carbocycles. The highest BCUT2D eigenvalue weighted by atomic mass is 16.5. The van der Waals surface area contributed by atoms with E-state index >= 15 is 0 Å². The lowest BCUT2D eigenvalue weighted by Crippen LogP contribution is -2.21. The van der Waals surface area contributed by atoms with Crippen LogP contribution in [0.2, 0.25) is 0 Å². The molecule has 150 valence electrons. The Balaban J connectivity index is 1.45. The number of amides is 1. The number of carbonyl (C=O) groups is 2. The van der Waals surface area contributed by atoms with Crippen LogP contribution in [0.15, 0.2) is 47.3 Å². The minimum atomic E-state index is -0.468. The zero-order valence-corrected chi connectivity index (χ0v) is 16.5. The van der Waals surface area contributed by atoms with Crippen LogP contribution in [0.1, 0.15) is 29.8 Å². The van der Waals surface area contributed by atoms with E-state index in [-0.39, 0.29) is 24.5 Å². The smallest absolute Gasteiger partial charge is 0.306 e. The maximum Gasteiger partial charge on any atom is 0.306 e. The van der Waals surface area contributed by atoms with Gasteiger partial charge in [0, 0.05) is 18.5 Å². The number of nitrogens with one attached hydrogen (secondary N) is 2. The lowest BCUT2D eigenvalue weighted by atomic mass is 10.1. The van der Waals surface area contributed by atoms with Crippen molar-refractivity contribution < 1.29 is 14.3 Å². The van der Waals surface area contributed by atoms with Gasteiger partial charge in [-0.25, -0.2) is 4.98 Å². The van der Waals surface area contributed by atoms with Crippen LogP contribution < -0.4 is 10.9 Å². The third-order valence-electron chi connectivity index (χ3n) is 4.70. The van der Waals surface area contributed by atoms with E-state index in [1.165, 1.54) is 0 Å². The Kier molecular flexibility index (Phi) is 6.39. The molecule has 0 saturated heterocycles. The summed E-state index contributed by atoms with van der Waals surface area (Å²) in [5, 5.41) is 3.28. The predicted molar refractivity (Wildman–Crippen MR) is 111 cm³/mol. The van der Waals surface area contributed by atoms with Crippen LogP contribution in [-0.4, -0.2) is 28.5 Å². The number of nitrogens with zero attached hydrogens (tertiary/aromatic N) is 1. The van der Waals surface area contributed by atoms with Gasteiger partial charge in [-0.05, 0) is 49.6 Å². The monoisotopic (exact) mass is 393 g/mol. The van der Waals surface area contributed by atoms with Crippen molar-refractivity contribution in [3.63, 3.8) is 0 Å². The minimum Gasteiger partial charge on any atom is -0.456 e. The molecule has 1 aromatic heterocycles. The lowest BCUT2D eigenvalue weighted by Gasteiger charge is -2.10. The SMILES string of the molecule is Cc1cccc(NC(=O)COC(=O)CCCc2nc3ccccc3c(=O)[nH]2)c1C. The summed E-state index contributed by atoms with van der Waals surface area (Å²) in [6, 6.07) is 12.7. The van der Waals surface area contributed by atoms with E-state index in [9.17, 15) is 14.4 Å². The third-order valence-corrected chi connectivity index (χ3v) is 4.70. The summed E-state index contributed by atoms with van der Waals surface area (Å²) in [5.41, 5.74) is 3.18. The van der Waals surface area contributed by atoms with Gasteiger partial charge in [0.25, 0.3) is 11.5 Å². The normalized spacial score (nSPS) is 10.7. The summed E-state index contributed by atoms with van der Waals surface area (Å²) in [7, 11) is 0. The van der Waals surface area contributed by atoms with E-state index in [1.54, 1.807) is 24.3 Å². The first kappa shape index (κ1) is 20.3. The second kappa shape index (κ2) is 9.14. The quantitative estimate of drug-likeness (QED) is 0.601. The first-order valence-electron chi connectivity index (χ1n) is 9.43. The summed E-state index contributed by atoms with van der Waals surface area (Å²) in [4.78, 5) is 43.1. The number of benzene rings is 2. The van der Waals surface area contributed by atoms with Gasteiger partial charge in [-0.3, -0.25) is 14.4 Å². The van der Waals surface area contributed by atoms with Gasteiger partial charge in [0.1, 0.15) is 5.82 Å². The second-order valence-corrected chi connectivity index (χ2v) is 6.84. The summed E-state index contributed by atoms with van der Waals surface area (Å²) >= 11 is 0. The number of rotatable bonds is 7. The van der Waals surface area contributed by atoms with Gasteiger partial charge in [0.2, 0.25) is 0 Å². The summed E-state index contributed by atoms with van der Waals surface area (Å²) < 4.78 is 5.03. The zero-order chi connectivity index (χ0) is 20.8. The van der Waals surface area contributed by atoms with Crippen molar-refractivity contribution in [3.05, 3.63) is 69.8 Å². The fourth-order valence-corrected chi connectivity index (χ4v) is 2.94. The molecule has 29 heavy (non-hydrogen) atoms. The van der Waals surface area contributed by atoms with E-state index in [4.69, 9.17) is 4.74 Å². The molecule has 0 fully saturated rings. The highest BCUT2D eigenvalue weighted by molar-refractivity contribution is 5.93. The standard InChI is InChI=1S/C22H23N3O4/c1-14-7-5-10-17(15(14)2)24-20(26)13-29-21(27)12-6-11-19-23-18-9-4-3-8-16(18)22(28)25-19/h3-5,7-10H,6,11-13H2,1-2H3,(H,24,26)(H,23,25,28). The molecule has 1 amide bonds. The molecule has 3 aromatic rings. The Morgan fingerprint density at radius 1 is 1.10 bits per heavy atom. The fraction of sp³-hybridized carbons (Fsp3) is 0.273. The van der Waals surface area contributed by atoms with Crippen LogP contribution in [0.3, 0.4) is 0 Å². The predicted octanol–water partition coefficient (Wildman–Crippen LogP) is 3.04. The van der Waals surface area contributed by atoms with E-state index < -0.39 is 5.97 Å². The van der Waals surface area contributed by atoms with Gasteiger partial charge in [0.15, 0.2) is 6.61 Å². The number of hydrogen-bond donors (Lipinski definition) is 2. The molecule has 0 bridgehead atoms. The molecule has 0 aliphatic rings. The Hall–Kier alpha value is -3.48. The number of fused-ring (bicyclic) bond motifs is 1. The molecule has 7 heteroatoms. The van der Waals surface area contributed by atoms with E-state index in [0.717, 1.165) is 11.1 Å². The van der Waals surface area contributed by atoms with Gasteiger partial charge in [-0.15, -0.1) is 0 Å². The van der Waals surface area contributed by atoms with Crippen LogP contribution in [-0.2, 0) is 20.7 Å². The number of ether oxygens (including phenoxy) is 1.